The van der Waals surface area contributed by atoms with Gasteiger partial charge in [-0.15, -0.1) is 0 Å². The number of hydrogen-bond acceptors (Lipinski definition) is 3. The zero-order valence-corrected chi connectivity index (χ0v) is 18.4. The fraction of sp³-hybridized carbons (Fsp3) is 0.952. The molecule has 0 saturated carbocycles. The van der Waals surface area contributed by atoms with Crippen molar-refractivity contribution in [2.75, 3.05) is 33.2 Å². The average molecular weight is 341 g/mol. The second-order valence-corrected chi connectivity index (χ2v) is 8.94. The lowest BCUT2D eigenvalue weighted by Crippen LogP contribution is -2.49. The molecule has 0 amide bonds. The number of nitrogens with one attached hydrogen (secondary N) is 1. The zero-order valence-electron chi connectivity index (χ0n) is 18.4. The lowest BCUT2D eigenvalue weighted by molar-refractivity contribution is 0.185. The van der Waals surface area contributed by atoms with Crippen molar-refractivity contribution in [3.8, 4) is 0 Å². The van der Waals surface area contributed by atoms with Crippen LogP contribution >= 0.6 is 0 Å². The van der Waals surface area contributed by atoms with Crippen LogP contribution in [0.15, 0.2) is 0 Å². The van der Waals surface area contributed by atoms with E-state index in [9.17, 15) is 0 Å². The van der Waals surface area contributed by atoms with Crippen molar-refractivity contribution in [3.63, 3.8) is 0 Å². The Labute approximate surface area is 153 Å². The zero-order chi connectivity index (χ0) is 18.9. The van der Waals surface area contributed by atoms with Crippen molar-refractivity contribution in [1.29, 1.82) is 0 Å². The Kier molecular flexibility index (Phi) is 11.4. The highest BCUT2D eigenvalue weighted by molar-refractivity contribution is 4.98. The molecule has 0 aromatic rings. The molecular formula is C21H46N3. The molecule has 1 unspecified atom stereocenters. The average Bonchev–Trinajstić information content (AvgIpc) is 2.46. The van der Waals surface area contributed by atoms with Crippen LogP contribution in [0.1, 0.15) is 75.2 Å². The summed E-state index contributed by atoms with van der Waals surface area (Å²) in [5.74, 6) is 0.711. The van der Waals surface area contributed by atoms with Gasteiger partial charge in [-0.25, -0.2) is 0 Å². The minimum absolute atomic E-state index is 0.272. The van der Waals surface area contributed by atoms with Gasteiger partial charge in [0.15, 0.2) is 0 Å². The van der Waals surface area contributed by atoms with E-state index in [1.807, 2.05) is 0 Å². The van der Waals surface area contributed by atoms with Gasteiger partial charge in [-0.2, -0.15) is 0 Å². The van der Waals surface area contributed by atoms with Gasteiger partial charge in [0.05, 0.1) is 6.04 Å². The molecule has 1 radical (unpaired) electrons. The Balaban J connectivity index is 4.99. The van der Waals surface area contributed by atoms with Gasteiger partial charge in [-0.3, -0.25) is 0 Å². The molecule has 0 saturated heterocycles. The predicted molar refractivity (Wildman–Crippen MR) is 109 cm³/mol. The van der Waals surface area contributed by atoms with Crippen LogP contribution in [0.5, 0.6) is 0 Å². The summed E-state index contributed by atoms with van der Waals surface area (Å²) in [4.78, 5) is 5.10. The summed E-state index contributed by atoms with van der Waals surface area (Å²) in [5, 5.41) is 3.86. The van der Waals surface area contributed by atoms with Crippen LogP contribution < -0.4 is 5.32 Å². The first-order chi connectivity index (χ1) is 11.0. The van der Waals surface area contributed by atoms with E-state index in [0.717, 1.165) is 19.6 Å². The summed E-state index contributed by atoms with van der Waals surface area (Å²) in [6, 6.07) is 2.61. The van der Waals surface area contributed by atoms with Gasteiger partial charge in [0.25, 0.3) is 0 Å². The summed E-state index contributed by atoms with van der Waals surface area (Å²) in [6.07, 6.45) is 2.44. The van der Waals surface area contributed by atoms with Gasteiger partial charge in [0.2, 0.25) is 0 Å². The Morgan fingerprint density at radius 3 is 1.88 bits per heavy atom. The van der Waals surface area contributed by atoms with E-state index in [1.165, 1.54) is 25.4 Å². The third-order valence-corrected chi connectivity index (χ3v) is 5.21. The van der Waals surface area contributed by atoms with Crippen molar-refractivity contribution in [2.45, 2.75) is 87.2 Å². The lowest BCUT2D eigenvalue weighted by atomic mass is 9.87. The van der Waals surface area contributed by atoms with E-state index in [2.05, 4.69) is 84.5 Å². The first kappa shape index (κ1) is 23.9. The van der Waals surface area contributed by atoms with Crippen LogP contribution in [0.3, 0.4) is 0 Å². The second kappa shape index (κ2) is 11.5. The van der Waals surface area contributed by atoms with Crippen molar-refractivity contribution in [2.24, 2.45) is 11.3 Å². The smallest absolute Gasteiger partial charge is 0.0649 e. The van der Waals surface area contributed by atoms with Gasteiger partial charge in [-0.1, -0.05) is 55.4 Å². The highest BCUT2D eigenvalue weighted by Crippen LogP contribution is 2.21. The largest absolute Gasteiger partial charge is 0.304 e. The normalized spacial score (nSPS) is 14.6. The number of rotatable bonds is 12. The summed E-state index contributed by atoms with van der Waals surface area (Å²) in [7, 11) is 2.28. The number of hydrogen-bond donors (Lipinski definition) is 1. The summed E-state index contributed by atoms with van der Waals surface area (Å²) in [5.41, 5.74) is 0.272. The van der Waals surface area contributed by atoms with E-state index >= 15 is 0 Å². The minimum atomic E-state index is 0.272. The molecule has 24 heavy (non-hydrogen) atoms. The van der Waals surface area contributed by atoms with Crippen LogP contribution in [0.2, 0.25) is 0 Å². The summed E-state index contributed by atoms with van der Waals surface area (Å²) < 4.78 is 0. The fourth-order valence-electron chi connectivity index (χ4n) is 3.10. The molecule has 0 aliphatic rings. The molecule has 0 aromatic carbocycles. The van der Waals surface area contributed by atoms with Crippen LogP contribution in [-0.2, 0) is 0 Å². The lowest BCUT2D eigenvalue weighted by Gasteiger charge is -2.37. The Morgan fingerprint density at radius 1 is 0.958 bits per heavy atom. The molecule has 0 aliphatic carbocycles. The molecule has 0 fully saturated rings. The molecule has 145 valence electrons. The van der Waals surface area contributed by atoms with E-state index in [-0.39, 0.29) is 5.41 Å². The summed E-state index contributed by atoms with van der Waals surface area (Å²) >= 11 is 0. The Hall–Kier alpha value is -0.120. The van der Waals surface area contributed by atoms with Gasteiger partial charge >= 0.3 is 0 Å². The fourth-order valence-corrected chi connectivity index (χ4v) is 3.10. The maximum atomic E-state index is 3.86. The summed E-state index contributed by atoms with van der Waals surface area (Å²) in [6.45, 7) is 25.1. The van der Waals surface area contributed by atoms with E-state index < -0.39 is 0 Å². The van der Waals surface area contributed by atoms with Crippen LogP contribution in [0.4, 0.5) is 0 Å². The van der Waals surface area contributed by atoms with Crippen molar-refractivity contribution < 1.29 is 0 Å². The highest BCUT2D eigenvalue weighted by atomic mass is 15.2. The topological polar surface area (TPSA) is 18.5 Å². The minimum Gasteiger partial charge on any atom is -0.304 e. The molecule has 1 N–H and O–H groups in total. The quantitative estimate of drug-likeness (QED) is 0.558. The molecule has 0 rings (SSSR count). The van der Waals surface area contributed by atoms with Gasteiger partial charge in [0.1, 0.15) is 0 Å². The Morgan fingerprint density at radius 2 is 1.50 bits per heavy atom. The van der Waals surface area contributed by atoms with E-state index in [1.54, 1.807) is 0 Å². The molecule has 0 aliphatic heterocycles. The third-order valence-electron chi connectivity index (χ3n) is 5.21. The molecule has 3 heteroatoms. The van der Waals surface area contributed by atoms with Crippen LogP contribution in [-0.4, -0.2) is 55.1 Å². The number of nitrogens with zero attached hydrogens (tertiary/aromatic N) is 2. The third kappa shape index (κ3) is 9.39. The maximum absolute atomic E-state index is 3.86. The van der Waals surface area contributed by atoms with Gasteiger partial charge in [-0.05, 0) is 44.7 Å². The van der Waals surface area contributed by atoms with Crippen LogP contribution in [0, 0.1) is 17.4 Å². The Bertz CT molecular complexity index is 301. The van der Waals surface area contributed by atoms with Crippen molar-refractivity contribution in [3.05, 3.63) is 6.04 Å². The maximum Gasteiger partial charge on any atom is 0.0649 e. The van der Waals surface area contributed by atoms with Crippen LogP contribution in [0.25, 0.3) is 0 Å². The molecule has 0 aromatic heterocycles. The van der Waals surface area contributed by atoms with Gasteiger partial charge in [0, 0.05) is 31.7 Å². The molecule has 3 nitrogen and oxygen atoms in total. The number of likely N-dealkylation sites (N-methyl/N-ethyl adjacent to an activating group) is 2. The molecule has 0 spiro atoms. The monoisotopic (exact) mass is 340 g/mol. The SMILES string of the molecule is CCC(CC)N(C)C[C](CN(CC)CC(C)C)NC(C)C(C)(C)C. The van der Waals surface area contributed by atoms with Crippen molar-refractivity contribution >= 4 is 0 Å². The van der Waals surface area contributed by atoms with Crippen molar-refractivity contribution in [1.82, 2.24) is 15.1 Å². The first-order valence-corrected chi connectivity index (χ1v) is 10.1. The van der Waals surface area contributed by atoms with Gasteiger partial charge < -0.3 is 15.1 Å². The standard InChI is InChI=1S/C21H46N3/c1-11-20(12-2)23(10)15-19(22-18(6)21(7,8)9)16-24(13-3)14-17(4)5/h17-18,20,22H,11-16H2,1-10H3. The molecule has 0 heterocycles. The predicted octanol–water partition coefficient (Wildman–Crippen LogP) is 4.64. The highest BCUT2D eigenvalue weighted by Gasteiger charge is 2.26. The molecule has 1 atom stereocenters. The molecule has 0 bridgehead atoms. The first-order valence-electron chi connectivity index (χ1n) is 10.1. The molecular weight excluding hydrogens is 294 g/mol. The second-order valence-electron chi connectivity index (χ2n) is 8.94. The van der Waals surface area contributed by atoms with E-state index in [0.29, 0.717) is 18.0 Å². The van der Waals surface area contributed by atoms with E-state index in [4.69, 9.17) is 0 Å².